The lowest BCUT2D eigenvalue weighted by Crippen LogP contribution is -2.08. The van der Waals surface area contributed by atoms with Crippen LogP contribution in [-0.2, 0) is 0 Å². The van der Waals surface area contributed by atoms with Crippen molar-refractivity contribution in [1.82, 2.24) is 4.90 Å². The minimum Gasteiger partial charge on any atom is -0.378 e. The third-order valence-corrected chi connectivity index (χ3v) is 1.40. The van der Waals surface area contributed by atoms with Gasteiger partial charge < -0.3 is 4.90 Å². The zero-order valence-electron chi connectivity index (χ0n) is 4.56. The van der Waals surface area contributed by atoms with Crippen LogP contribution in [0.15, 0.2) is 12.8 Å². The van der Waals surface area contributed by atoms with Crippen molar-refractivity contribution in [1.29, 1.82) is 0 Å². The predicted molar refractivity (Wildman–Crippen MR) is 40.9 cm³/mol. The van der Waals surface area contributed by atoms with Gasteiger partial charge in [-0.1, -0.05) is 6.58 Å². The van der Waals surface area contributed by atoms with Crippen molar-refractivity contribution in [2.24, 2.45) is 0 Å². The van der Waals surface area contributed by atoms with Crippen molar-refractivity contribution in [3.05, 3.63) is 12.8 Å². The van der Waals surface area contributed by atoms with Crippen molar-refractivity contribution in [2.75, 3.05) is 13.1 Å². The largest absolute Gasteiger partial charge is 0.378 e. The molecule has 1 saturated heterocycles. The van der Waals surface area contributed by atoms with Crippen LogP contribution in [0.2, 0.25) is 0 Å². The van der Waals surface area contributed by atoms with Crippen LogP contribution in [0.3, 0.4) is 0 Å². The Balaban J connectivity index is 0.000000490. The van der Waals surface area contributed by atoms with Gasteiger partial charge in [-0.15, -0.1) is 0 Å². The molecule has 0 aromatic rings. The molecule has 1 nitrogen and oxygen atoms in total. The van der Waals surface area contributed by atoms with Gasteiger partial charge in [0, 0.05) is 13.1 Å². The molecule has 1 fully saturated rings. The van der Waals surface area contributed by atoms with Crippen LogP contribution in [0, 0.1) is 0 Å². The lowest BCUT2D eigenvalue weighted by atomic mass is 10.4. The van der Waals surface area contributed by atoms with E-state index in [0.717, 1.165) is 0 Å². The molecule has 0 aromatic carbocycles. The fourth-order valence-corrected chi connectivity index (χ4v) is 0.924. The van der Waals surface area contributed by atoms with Crippen LogP contribution >= 0.6 is 0 Å². The summed E-state index contributed by atoms with van der Waals surface area (Å²) >= 11 is 0. The van der Waals surface area contributed by atoms with E-state index in [1.807, 2.05) is 6.20 Å². The molecule has 0 aliphatic carbocycles. The van der Waals surface area contributed by atoms with Gasteiger partial charge in [-0.25, -0.2) is 0 Å². The van der Waals surface area contributed by atoms with Gasteiger partial charge in [0.1, 0.15) is 0 Å². The highest BCUT2D eigenvalue weighted by molar-refractivity contribution is 5.75. The molecule has 0 radical (unpaired) electrons. The van der Waals surface area contributed by atoms with Gasteiger partial charge in [-0.3, -0.25) is 0 Å². The molecule has 1 heterocycles. The van der Waals surface area contributed by atoms with E-state index in [1.165, 1.54) is 25.9 Å². The summed E-state index contributed by atoms with van der Waals surface area (Å²) in [5.41, 5.74) is 0. The highest BCUT2D eigenvalue weighted by atomic mass is 27.0. The van der Waals surface area contributed by atoms with Crippen LogP contribution in [0.5, 0.6) is 0 Å². The van der Waals surface area contributed by atoms with Crippen LogP contribution < -0.4 is 0 Å². The maximum atomic E-state index is 3.67. The van der Waals surface area contributed by atoms with Crippen molar-refractivity contribution in [3.63, 3.8) is 0 Å². The van der Waals surface area contributed by atoms with Crippen LogP contribution in [0.25, 0.3) is 0 Å². The Morgan fingerprint density at radius 2 is 1.75 bits per heavy atom. The SMILES string of the molecule is C=CN1CCCC1.[AlH3]. The zero-order valence-corrected chi connectivity index (χ0v) is 4.56. The van der Waals surface area contributed by atoms with E-state index >= 15 is 0 Å². The van der Waals surface area contributed by atoms with E-state index in [1.54, 1.807) is 0 Å². The van der Waals surface area contributed by atoms with E-state index in [2.05, 4.69) is 11.5 Å². The molecule has 0 amide bonds. The van der Waals surface area contributed by atoms with Gasteiger partial charge >= 0.3 is 0 Å². The maximum absolute atomic E-state index is 3.67. The minimum absolute atomic E-state index is 0. The first-order valence-corrected chi connectivity index (χ1v) is 2.80. The van der Waals surface area contributed by atoms with Gasteiger partial charge in [-0.2, -0.15) is 0 Å². The summed E-state index contributed by atoms with van der Waals surface area (Å²) in [6.45, 7) is 6.12. The first-order valence-electron chi connectivity index (χ1n) is 2.80. The van der Waals surface area contributed by atoms with Crippen molar-refractivity contribution >= 4 is 17.4 Å². The number of nitrogens with zero attached hydrogens (tertiary/aromatic N) is 1. The number of rotatable bonds is 1. The second-order valence-corrected chi connectivity index (χ2v) is 1.93. The van der Waals surface area contributed by atoms with E-state index in [9.17, 15) is 0 Å². The Bertz CT molecular complexity index is 66.9. The van der Waals surface area contributed by atoms with E-state index in [0.29, 0.717) is 0 Å². The minimum atomic E-state index is 0. The normalized spacial score (nSPS) is 17.8. The Morgan fingerprint density at radius 3 is 2.00 bits per heavy atom. The molecular formula is C6H14AlN. The molecule has 0 bridgehead atoms. The Kier molecular flexibility index (Phi) is 4.04. The predicted octanol–water partition coefficient (Wildman–Crippen LogP) is 0.0418. The summed E-state index contributed by atoms with van der Waals surface area (Å²) in [5, 5.41) is 0. The van der Waals surface area contributed by atoms with Gasteiger partial charge in [0.2, 0.25) is 0 Å². The summed E-state index contributed by atoms with van der Waals surface area (Å²) in [5.74, 6) is 0. The lowest BCUT2D eigenvalue weighted by Gasteiger charge is -2.07. The van der Waals surface area contributed by atoms with Gasteiger partial charge in [0.25, 0.3) is 0 Å². The fraction of sp³-hybridized carbons (Fsp3) is 0.667. The van der Waals surface area contributed by atoms with Gasteiger partial charge in [0.15, 0.2) is 17.4 Å². The number of hydrogen-bond acceptors (Lipinski definition) is 1. The third kappa shape index (κ3) is 1.90. The second kappa shape index (κ2) is 4.00. The van der Waals surface area contributed by atoms with Gasteiger partial charge in [-0.05, 0) is 19.0 Å². The second-order valence-electron chi connectivity index (χ2n) is 1.93. The van der Waals surface area contributed by atoms with Crippen molar-refractivity contribution in [3.8, 4) is 0 Å². The molecule has 0 saturated carbocycles. The molecule has 1 rings (SSSR count). The molecule has 1 aliphatic heterocycles. The molecule has 2 heteroatoms. The first kappa shape index (κ1) is 8.07. The molecule has 0 unspecified atom stereocenters. The zero-order chi connectivity index (χ0) is 5.11. The third-order valence-electron chi connectivity index (χ3n) is 1.40. The molecule has 1 aliphatic rings. The molecule has 0 atom stereocenters. The molecule has 0 aromatic heterocycles. The summed E-state index contributed by atoms with van der Waals surface area (Å²) in [7, 11) is 0. The summed E-state index contributed by atoms with van der Waals surface area (Å²) < 4.78 is 0. The highest BCUT2D eigenvalue weighted by Gasteiger charge is 2.04. The Morgan fingerprint density at radius 1 is 1.25 bits per heavy atom. The molecule has 8 heavy (non-hydrogen) atoms. The van der Waals surface area contributed by atoms with Crippen LogP contribution in [-0.4, -0.2) is 35.4 Å². The summed E-state index contributed by atoms with van der Waals surface area (Å²) in [6, 6.07) is 0. The van der Waals surface area contributed by atoms with Crippen molar-refractivity contribution < 1.29 is 0 Å². The lowest BCUT2D eigenvalue weighted by molar-refractivity contribution is 0.469. The average Bonchev–Trinajstić information content (AvgIpc) is 2.14. The van der Waals surface area contributed by atoms with E-state index in [4.69, 9.17) is 0 Å². The Hall–Kier alpha value is 0.0725. The maximum Gasteiger partial charge on any atom is 0.187 e. The highest BCUT2D eigenvalue weighted by Crippen LogP contribution is 2.05. The van der Waals surface area contributed by atoms with Crippen LogP contribution in [0.4, 0.5) is 0 Å². The molecular weight excluding hydrogens is 113 g/mol. The van der Waals surface area contributed by atoms with Gasteiger partial charge in [0.05, 0.1) is 0 Å². The standard InChI is InChI=1S/C6H11N.Al.3H/c1-2-7-5-3-4-6-7;;;;/h2H,1,3-6H2;;;;. The quantitative estimate of drug-likeness (QED) is 0.450. The number of likely N-dealkylation sites (tertiary alicyclic amines) is 1. The van der Waals surface area contributed by atoms with Crippen LogP contribution in [0.1, 0.15) is 12.8 Å². The molecule has 46 valence electrons. The van der Waals surface area contributed by atoms with Crippen molar-refractivity contribution in [2.45, 2.75) is 12.8 Å². The number of hydrogen-bond donors (Lipinski definition) is 0. The molecule has 0 spiro atoms. The topological polar surface area (TPSA) is 3.24 Å². The summed E-state index contributed by atoms with van der Waals surface area (Å²) in [4.78, 5) is 2.25. The van der Waals surface area contributed by atoms with E-state index < -0.39 is 0 Å². The average molecular weight is 127 g/mol. The van der Waals surface area contributed by atoms with E-state index in [-0.39, 0.29) is 17.4 Å². The first-order chi connectivity index (χ1) is 3.43. The smallest absolute Gasteiger partial charge is 0.187 e. The summed E-state index contributed by atoms with van der Waals surface area (Å²) in [6.07, 6.45) is 4.63. The monoisotopic (exact) mass is 127 g/mol. The Labute approximate surface area is 61.5 Å². The molecule has 0 N–H and O–H groups in total. The fourth-order valence-electron chi connectivity index (χ4n) is 0.924.